The van der Waals surface area contributed by atoms with Gasteiger partial charge in [-0.2, -0.15) is 5.10 Å². The van der Waals surface area contributed by atoms with Crippen molar-refractivity contribution in [3.05, 3.63) is 47.3 Å². The van der Waals surface area contributed by atoms with Crippen molar-refractivity contribution < 1.29 is 4.79 Å². The summed E-state index contributed by atoms with van der Waals surface area (Å²) in [6.45, 7) is 2.23. The van der Waals surface area contributed by atoms with Gasteiger partial charge in [0.05, 0.1) is 11.3 Å². The Labute approximate surface area is 106 Å². The van der Waals surface area contributed by atoms with Crippen LogP contribution >= 0.6 is 0 Å². The smallest absolute Gasteiger partial charge is 0.255 e. The molecule has 1 aromatic heterocycles. The lowest BCUT2D eigenvalue weighted by molar-refractivity contribution is 0.0950. The fourth-order valence-corrected chi connectivity index (χ4v) is 1.79. The van der Waals surface area contributed by atoms with Crippen LogP contribution in [0.4, 0.5) is 5.69 Å². The van der Waals surface area contributed by atoms with Crippen LogP contribution in [0.3, 0.4) is 0 Å². The molecule has 3 N–H and O–H groups in total. The van der Waals surface area contributed by atoms with Crippen molar-refractivity contribution >= 4 is 11.6 Å². The van der Waals surface area contributed by atoms with Crippen LogP contribution in [0.15, 0.2) is 30.5 Å². The highest BCUT2D eigenvalue weighted by molar-refractivity contribution is 5.95. The van der Waals surface area contributed by atoms with E-state index in [1.165, 1.54) is 0 Å². The normalized spacial score (nSPS) is 10.3. The largest absolute Gasteiger partial charge is 0.398 e. The summed E-state index contributed by atoms with van der Waals surface area (Å²) in [7, 11) is 1.79. The Hall–Kier alpha value is -2.30. The number of carbonyl (C=O) groups is 1. The molecule has 0 saturated carbocycles. The first kappa shape index (κ1) is 12.2. The van der Waals surface area contributed by atoms with Gasteiger partial charge in [-0.05, 0) is 18.6 Å². The lowest BCUT2D eigenvalue weighted by Crippen LogP contribution is -2.23. The third-order valence-electron chi connectivity index (χ3n) is 2.75. The second-order valence-electron chi connectivity index (χ2n) is 4.18. The maximum absolute atomic E-state index is 12.0. The number of amides is 1. The Morgan fingerprint density at radius 1 is 1.44 bits per heavy atom. The van der Waals surface area contributed by atoms with Gasteiger partial charge in [0.25, 0.3) is 5.91 Å². The molecule has 1 amide bonds. The SMILES string of the molecule is Cc1nn(C)cc1C(=O)NCc1ccccc1N. The minimum absolute atomic E-state index is 0.135. The van der Waals surface area contributed by atoms with Crippen LogP contribution in [0.1, 0.15) is 21.6 Å². The van der Waals surface area contributed by atoms with Crippen molar-refractivity contribution in [2.75, 3.05) is 5.73 Å². The van der Waals surface area contributed by atoms with Gasteiger partial charge in [-0.25, -0.2) is 0 Å². The fourth-order valence-electron chi connectivity index (χ4n) is 1.79. The zero-order valence-corrected chi connectivity index (χ0v) is 10.5. The summed E-state index contributed by atoms with van der Waals surface area (Å²) < 4.78 is 1.63. The zero-order chi connectivity index (χ0) is 13.1. The molecule has 18 heavy (non-hydrogen) atoms. The van der Waals surface area contributed by atoms with Gasteiger partial charge in [-0.15, -0.1) is 0 Å². The number of rotatable bonds is 3. The number of para-hydroxylation sites is 1. The molecule has 0 spiro atoms. The van der Waals surface area contributed by atoms with E-state index < -0.39 is 0 Å². The van der Waals surface area contributed by atoms with Crippen LogP contribution in [-0.4, -0.2) is 15.7 Å². The first-order valence-corrected chi connectivity index (χ1v) is 5.69. The van der Waals surface area contributed by atoms with Gasteiger partial charge in [0.15, 0.2) is 0 Å². The minimum Gasteiger partial charge on any atom is -0.398 e. The number of nitrogen functional groups attached to an aromatic ring is 1. The third kappa shape index (κ3) is 2.51. The summed E-state index contributed by atoms with van der Waals surface area (Å²) in [5, 5.41) is 6.97. The molecule has 5 heteroatoms. The third-order valence-corrected chi connectivity index (χ3v) is 2.75. The van der Waals surface area contributed by atoms with Crippen molar-refractivity contribution in [2.24, 2.45) is 7.05 Å². The Morgan fingerprint density at radius 2 is 2.17 bits per heavy atom. The number of carbonyl (C=O) groups excluding carboxylic acids is 1. The van der Waals surface area contributed by atoms with Crippen molar-refractivity contribution in [3.8, 4) is 0 Å². The van der Waals surface area contributed by atoms with Crippen LogP contribution in [-0.2, 0) is 13.6 Å². The monoisotopic (exact) mass is 244 g/mol. The molecule has 0 unspecified atom stereocenters. The lowest BCUT2D eigenvalue weighted by atomic mass is 10.1. The number of anilines is 1. The number of aromatic nitrogens is 2. The number of nitrogens with one attached hydrogen (secondary N) is 1. The summed E-state index contributed by atoms with van der Waals surface area (Å²) in [4.78, 5) is 12.0. The molecule has 1 aromatic carbocycles. The Morgan fingerprint density at radius 3 is 2.78 bits per heavy atom. The topological polar surface area (TPSA) is 72.9 Å². The van der Waals surface area contributed by atoms with E-state index in [-0.39, 0.29) is 5.91 Å². The van der Waals surface area contributed by atoms with Crippen LogP contribution in [0, 0.1) is 6.92 Å². The van der Waals surface area contributed by atoms with Gasteiger partial charge >= 0.3 is 0 Å². The lowest BCUT2D eigenvalue weighted by Gasteiger charge is -2.06. The summed E-state index contributed by atoms with van der Waals surface area (Å²) in [5.74, 6) is -0.135. The number of hydrogen-bond donors (Lipinski definition) is 2. The highest BCUT2D eigenvalue weighted by Crippen LogP contribution is 2.10. The Balaban J connectivity index is 2.05. The molecule has 0 aliphatic rings. The average molecular weight is 244 g/mol. The molecular weight excluding hydrogens is 228 g/mol. The van der Waals surface area contributed by atoms with E-state index in [1.807, 2.05) is 31.2 Å². The quantitative estimate of drug-likeness (QED) is 0.798. The highest BCUT2D eigenvalue weighted by atomic mass is 16.1. The number of aryl methyl sites for hydroxylation is 2. The van der Waals surface area contributed by atoms with Crippen LogP contribution < -0.4 is 11.1 Å². The van der Waals surface area contributed by atoms with Crippen LogP contribution in [0.5, 0.6) is 0 Å². The van der Waals surface area contributed by atoms with E-state index in [0.717, 1.165) is 11.3 Å². The summed E-state index contributed by atoms with van der Waals surface area (Å²) in [6, 6.07) is 7.47. The van der Waals surface area contributed by atoms with E-state index in [1.54, 1.807) is 17.9 Å². The standard InChI is InChI=1S/C13H16N4O/c1-9-11(8-17(2)16-9)13(18)15-7-10-5-3-4-6-12(10)14/h3-6,8H,7,14H2,1-2H3,(H,15,18). The second-order valence-corrected chi connectivity index (χ2v) is 4.18. The Kier molecular flexibility index (Phi) is 3.32. The van der Waals surface area contributed by atoms with Crippen molar-refractivity contribution in [2.45, 2.75) is 13.5 Å². The molecule has 94 valence electrons. The van der Waals surface area contributed by atoms with Gasteiger partial charge in [0.1, 0.15) is 0 Å². The van der Waals surface area contributed by atoms with Gasteiger partial charge < -0.3 is 11.1 Å². The summed E-state index contributed by atoms with van der Waals surface area (Å²) in [5.41, 5.74) is 8.71. The van der Waals surface area contributed by atoms with Crippen LogP contribution in [0.2, 0.25) is 0 Å². The van der Waals surface area contributed by atoms with Crippen molar-refractivity contribution in [1.29, 1.82) is 0 Å². The van der Waals surface area contributed by atoms with Gasteiger partial charge in [-0.3, -0.25) is 9.48 Å². The Bertz CT molecular complexity index is 574. The molecule has 0 fully saturated rings. The fraction of sp³-hybridized carbons (Fsp3) is 0.231. The molecule has 0 atom stereocenters. The van der Waals surface area contributed by atoms with E-state index >= 15 is 0 Å². The molecule has 0 bridgehead atoms. The predicted octanol–water partition coefficient (Wildman–Crippen LogP) is 1.24. The number of benzene rings is 1. The average Bonchev–Trinajstić information content (AvgIpc) is 2.67. The molecule has 1 heterocycles. The zero-order valence-electron chi connectivity index (χ0n) is 10.5. The number of hydrogen-bond acceptors (Lipinski definition) is 3. The predicted molar refractivity (Wildman–Crippen MR) is 70.0 cm³/mol. The van der Waals surface area contributed by atoms with Crippen LogP contribution in [0.25, 0.3) is 0 Å². The van der Waals surface area contributed by atoms with E-state index in [2.05, 4.69) is 10.4 Å². The molecule has 5 nitrogen and oxygen atoms in total. The van der Waals surface area contributed by atoms with Gasteiger partial charge in [0, 0.05) is 25.5 Å². The summed E-state index contributed by atoms with van der Waals surface area (Å²) >= 11 is 0. The molecule has 0 radical (unpaired) electrons. The van der Waals surface area contributed by atoms with Crippen molar-refractivity contribution in [3.63, 3.8) is 0 Å². The molecule has 0 saturated heterocycles. The van der Waals surface area contributed by atoms with E-state index in [4.69, 9.17) is 5.73 Å². The number of nitrogens with zero attached hydrogens (tertiary/aromatic N) is 2. The molecule has 0 aliphatic heterocycles. The maximum Gasteiger partial charge on any atom is 0.255 e. The number of nitrogens with two attached hydrogens (primary N) is 1. The minimum atomic E-state index is -0.135. The van der Waals surface area contributed by atoms with Crippen molar-refractivity contribution in [1.82, 2.24) is 15.1 Å². The molecule has 2 aromatic rings. The first-order valence-electron chi connectivity index (χ1n) is 5.69. The molecule has 0 aliphatic carbocycles. The second kappa shape index (κ2) is 4.91. The molecular formula is C13H16N4O. The maximum atomic E-state index is 12.0. The van der Waals surface area contributed by atoms with E-state index in [9.17, 15) is 4.79 Å². The first-order chi connectivity index (χ1) is 8.58. The summed E-state index contributed by atoms with van der Waals surface area (Å²) in [6.07, 6.45) is 1.71. The van der Waals surface area contributed by atoms with Gasteiger partial charge in [-0.1, -0.05) is 18.2 Å². The molecule has 2 rings (SSSR count). The van der Waals surface area contributed by atoms with Gasteiger partial charge in [0.2, 0.25) is 0 Å². The van der Waals surface area contributed by atoms with E-state index in [0.29, 0.717) is 17.8 Å². The highest BCUT2D eigenvalue weighted by Gasteiger charge is 2.12.